The lowest BCUT2D eigenvalue weighted by Gasteiger charge is -2.32. The summed E-state index contributed by atoms with van der Waals surface area (Å²) in [5, 5.41) is 1.90. The van der Waals surface area contributed by atoms with Crippen molar-refractivity contribution in [3.63, 3.8) is 0 Å². The van der Waals surface area contributed by atoms with Crippen LogP contribution in [0.1, 0.15) is 9.67 Å². The summed E-state index contributed by atoms with van der Waals surface area (Å²) in [6.45, 7) is 3.58. The van der Waals surface area contributed by atoms with E-state index in [0.717, 1.165) is 36.0 Å². The highest BCUT2D eigenvalue weighted by Gasteiger charge is 2.21. The predicted octanol–water partition coefficient (Wildman–Crippen LogP) is 1.42. The number of carbonyl (C=O) groups is 1. The first-order valence-corrected chi connectivity index (χ1v) is 6.25. The number of thiophene rings is 1. The summed E-state index contributed by atoms with van der Waals surface area (Å²) >= 11 is 5.68. The first-order valence-electron chi connectivity index (χ1n) is 4.92. The van der Waals surface area contributed by atoms with Crippen molar-refractivity contribution in [1.29, 1.82) is 0 Å². The van der Waals surface area contributed by atoms with Crippen molar-refractivity contribution < 1.29 is 4.79 Å². The summed E-state index contributed by atoms with van der Waals surface area (Å²) in [7, 11) is 2.08. The number of amides is 1. The van der Waals surface area contributed by atoms with Crippen molar-refractivity contribution in [2.45, 2.75) is 4.90 Å². The second-order valence-electron chi connectivity index (χ2n) is 3.76. The van der Waals surface area contributed by atoms with Gasteiger partial charge in [-0.25, -0.2) is 0 Å². The van der Waals surface area contributed by atoms with Crippen molar-refractivity contribution >= 4 is 29.9 Å². The quantitative estimate of drug-likeness (QED) is 0.753. The van der Waals surface area contributed by atoms with E-state index < -0.39 is 0 Å². The minimum atomic E-state index is 0.147. The van der Waals surface area contributed by atoms with Crippen molar-refractivity contribution in [3.8, 4) is 0 Å². The van der Waals surface area contributed by atoms with Gasteiger partial charge in [0.1, 0.15) is 0 Å². The number of rotatable bonds is 1. The fourth-order valence-corrected chi connectivity index (χ4v) is 2.72. The fraction of sp³-hybridized carbons (Fsp3) is 0.500. The summed E-state index contributed by atoms with van der Waals surface area (Å²) in [6.07, 6.45) is 0. The fourth-order valence-electron chi connectivity index (χ4n) is 1.60. The number of nitrogens with zero attached hydrogens (tertiary/aromatic N) is 2. The molecule has 0 radical (unpaired) electrons. The van der Waals surface area contributed by atoms with Crippen LogP contribution in [0, 0.1) is 0 Å². The van der Waals surface area contributed by atoms with Gasteiger partial charge in [-0.1, -0.05) is 0 Å². The number of thiol groups is 1. The Morgan fingerprint density at radius 1 is 1.40 bits per heavy atom. The maximum Gasteiger partial charge on any atom is 0.264 e. The van der Waals surface area contributed by atoms with Crippen LogP contribution in [0.2, 0.25) is 0 Å². The zero-order valence-corrected chi connectivity index (χ0v) is 10.4. The summed E-state index contributed by atoms with van der Waals surface area (Å²) in [4.78, 5) is 17.8. The molecule has 0 unspecified atom stereocenters. The van der Waals surface area contributed by atoms with Crippen LogP contribution in [0.4, 0.5) is 0 Å². The Bertz CT molecular complexity index is 356. The molecule has 2 rings (SSSR count). The second-order valence-corrected chi connectivity index (χ2v) is 5.19. The Kier molecular flexibility index (Phi) is 3.33. The molecule has 0 N–H and O–H groups in total. The van der Waals surface area contributed by atoms with E-state index in [1.54, 1.807) is 0 Å². The third-order valence-corrected chi connectivity index (χ3v) is 3.94. The van der Waals surface area contributed by atoms with Crippen molar-refractivity contribution in [3.05, 3.63) is 16.3 Å². The molecular formula is C10H14N2OS2. The Hall–Kier alpha value is -0.520. The first kappa shape index (κ1) is 11.0. The van der Waals surface area contributed by atoms with Crippen LogP contribution >= 0.6 is 24.0 Å². The zero-order chi connectivity index (χ0) is 10.8. The highest BCUT2D eigenvalue weighted by Crippen LogP contribution is 2.19. The van der Waals surface area contributed by atoms with E-state index in [4.69, 9.17) is 0 Å². The Labute approximate surface area is 99.1 Å². The molecule has 0 aliphatic carbocycles. The average molecular weight is 242 g/mol. The summed E-state index contributed by atoms with van der Waals surface area (Å²) in [5.74, 6) is 0.147. The number of piperazine rings is 1. The molecule has 0 atom stereocenters. The maximum absolute atomic E-state index is 12.0. The van der Waals surface area contributed by atoms with Crippen molar-refractivity contribution in [1.82, 2.24) is 9.80 Å². The molecular weight excluding hydrogens is 228 g/mol. The topological polar surface area (TPSA) is 23.6 Å². The van der Waals surface area contributed by atoms with Crippen LogP contribution in [0.5, 0.6) is 0 Å². The molecule has 82 valence electrons. The molecule has 0 aromatic carbocycles. The van der Waals surface area contributed by atoms with Gasteiger partial charge in [0.05, 0.1) is 4.88 Å². The van der Waals surface area contributed by atoms with E-state index in [1.807, 2.05) is 16.3 Å². The van der Waals surface area contributed by atoms with Crippen LogP contribution < -0.4 is 0 Å². The van der Waals surface area contributed by atoms with Gasteiger partial charge in [0.2, 0.25) is 0 Å². The monoisotopic (exact) mass is 242 g/mol. The molecule has 15 heavy (non-hydrogen) atoms. The van der Waals surface area contributed by atoms with Gasteiger partial charge >= 0.3 is 0 Å². The van der Waals surface area contributed by atoms with Gasteiger partial charge < -0.3 is 9.80 Å². The molecule has 1 fully saturated rings. The Balaban J connectivity index is 2.02. The van der Waals surface area contributed by atoms with E-state index in [2.05, 4.69) is 24.6 Å². The van der Waals surface area contributed by atoms with E-state index in [9.17, 15) is 4.79 Å². The molecule has 0 bridgehead atoms. The standard InChI is InChI=1S/C10H14N2OS2/c1-11-2-4-12(5-3-11)10(13)9-6-8(14)7-15-9/h6-7,14H,2-5H2,1H3. The van der Waals surface area contributed by atoms with Crippen LogP contribution in [0.15, 0.2) is 16.3 Å². The third kappa shape index (κ3) is 2.53. The Morgan fingerprint density at radius 3 is 2.60 bits per heavy atom. The number of hydrogen-bond donors (Lipinski definition) is 1. The molecule has 3 nitrogen and oxygen atoms in total. The normalized spacial score (nSPS) is 18.1. The molecule has 1 aromatic heterocycles. The highest BCUT2D eigenvalue weighted by atomic mass is 32.1. The van der Waals surface area contributed by atoms with Gasteiger partial charge in [0, 0.05) is 36.5 Å². The van der Waals surface area contributed by atoms with Crippen LogP contribution in [0.3, 0.4) is 0 Å². The molecule has 0 saturated carbocycles. The average Bonchev–Trinajstić information content (AvgIpc) is 2.65. The van der Waals surface area contributed by atoms with Crippen LogP contribution in [-0.2, 0) is 0 Å². The minimum absolute atomic E-state index is 0.147. The third-order valence-electron chi connectivity index (χ3n) is 2.59. The van der Waals surface area contributed by atoms with Gasteiger partial charge in [0.25, 0.3) is 5.91 Å². The SMILES string of the molecule is CN1CCN(C(=O)c2cc(S)cs2)CC1. The zero-order valence-electron chi connectivity index (χ0n) is 8.64. The maximum atomic E-state index is 12.0. The molecule has 1 amide bonds. The van der Waals surface area contributed by atoms with E-state index in [1.165, 1.54) is 11.3 Å². The summed E-state index contributed by atoms with van der Waals surface area (Å²) in [6, 6.07) is 1.84. The molecule has 5 heteroatoms. The molecule has 0 spiro atoms. The lowest BCUT2D eigenvalue weighted by Crippen LogP contribution is -2.46. The van der Waals surface area contributed by atoms with Crippen molar-refractivity contribution in [2.75, 3.05) is 33.2 Å². The van der Waals surface area contributed by atoms with Gasteiger partial charge in [-0.2, -0.15) is 0 Å². The van der Waals surface area contributed by atoms with E-state index >= 15 is 0 Å². The number of hydrogen-bond acceptors (Lipinski definition) is 4. The van der Waals surface area contributed by atoms with E-state index in [-0.39, 0.29) is 5.91 Å². The second kappa shape index (κ2) is 4.55. The Morgan fingerprint density at radius 2 is 2.07 bits per heavy atom. The van der Waals surface area contributed by atoms with E-state index in [0.29, 0.717) is 0 Å². The first-order chi connectivity index (χ1) is 7.16. The number of likely N-dealkylation sites (N-methyl/N-ethyl adjacent to an activating group) is 1. The van der Waals surface area contributed by atoms with Crippen LogP contribution in [-0.4, -0.2) is 48.9 Å². The molecule has 1 aliphatic heterocycles. The molecule has 1 aromatic rings. The largest absolute Gasteiger partial charge is 0.335 e. The smallest absolute Gasteiger partial charge is 0.264 e. The lowest BCUT2D eigenvalue weighted by molar-refractivity contribution is 0.0669. The van der Waals surface area contributed by atoms with Crippen LogP contribution in [0.25, 0.3) is 0 Å². The molecule has 2 heterocycles. The number of carbonyl (C=O) groups excluding carboxylic acids is 1. The minimum Gasteiger partial charge on any atom is -0.335 e. The molecule has 1 saturated heterocycles. The predicted molar refractivity (Wildman–Crippen MR) is 65.0 cm³/mol. The summed E-state index contributed by atoms with van der Waals surface area (Å²) < 4.78 is 0. The van der Waals surface area contributed by atoms with Crippen molar-refractivity contribution in [2.24, 2.45) is 0 Å². The summed E-state index contributed by atoms with van der Waals surface area (Å²) in [5.41, 5.74) is 0. The van der Waals surface area contributed by atoms with Gasteiger partial charge in [-0.15, -0.1) is 24.0 Å². The van der Waals surface area contributed by atoms with Gasteiger partial charge in [-0.05, 0) is 13.1 Å². The lowest BCUT2D eigenvalue weighted by atomic mass is 10.3. The highest BCUT2D eigenvalue weighted by molar-refractivity contribution is 7.80. The van der Waals surface area contributed by atoms with Gasteiger partial charge in [-0.3, -0.25) is 4.79 Å². The molecule has 1 aliphatic rings. The van der Waals surface area contributed by atoms with Gasteiger partial charge in [0.15, 0.2) is 0 Å².